The number of nitrogens with one attached hydrogen (secondary N) is 1. The van der Waals surface area contributed by atoms with Crippen LogP contribution in [0.15, 0.2) is 48.5 Å². The summed E-state index contributed by atoms with van der Waals surface area (Å²) in [6.45, 7) is 2.80. The van der Waals surface area contributed by atoms with Crippen LogP contribution in [0.25, 0.3) is 0 Å². The zero-order chi connectivity index (χ0) is 15.1. The largest absolute Gasteiger partial charge is 0.492 e. The van der Waals surface area contributed by atoms with Crippen molar-refractivity contribution >= 4 is 5.91 Å². The average molecular weight is 280 g/mol. The predicted octanol–water partition coefficient (Wildman–Crippen LogP) is 2.68. The standard InChI is InChI=1S/C17H16N2O2/c1-13-4-2-7-16(10-13)21-9-8-19-17(20)15-6-3-5-14(11-15)12-18/h2-7,10-11H,8-9H2,1H3,(H,19,20). The van der Waals surface area contributed by atoms with Gasteiger partial charge in [0.05, 0.1) is 18.2 Å². The molecule has 0 aliphatic rings. The fraction of sp³-hybridized carbons (Fsp3) is 0.176. The molecule has 2 aromatic carbocycles. The minimum Gasteiger partial charge on any atom is -0.492 e. The lowest BCUT2D eigenvalue weighted by Gasteiger charge is -2.08. The van der Waals surface area contributed by atoms with Gasteiger partial charge in [0.1, 0.15) is 12.4 Å². The number of carbonyl (C=O) groups is 1. The smallest absolute Gasteiger partial charge is 0.251 e. The summed E-state index contributed by atoms with van der Waals surface area (Å²) in [6.07, 6.45) is 0. The Kier molecular flexibility index (Phi) is 4.94. The summed E-state index contributed by atoms with van der Waals surface area (Å²) in [6, 6.07) is 16.4. The zero-order valence-corrected chi connectivity index (χ0v) is 11.8. The molecule has 2 rings (SSSR count). The predicted molar refractivity (Wildman–Crippen MR) is 80.2 cm³/mol. The summed E-state index contributed by atoms with van der Waals surface area (Å²) in [4.78, 5) is 11.9. The molecule has 0 atom stereocenters. The highest BCUT2D eigenvalue weighted by atomic mass is 16.5. The summed E-state index contributed by atoms with van der Waals surface area (Å²) in [5.41, 5.74) is 2.08. The van der Waals surface area contributed by atoms with Crippen LogP contribution >= 0.6 is 0 Å². The fourth-order valence-corrected chi connectivity index (χ4v) is 1.87. The van der Waals surface area contributed by atoms with Crippen molar-refractivity contribution in [1.82, 2.24) is 5.32 Å². The zero-order valence-electron chi connectivity index (χ0n) is 11.8. The number of nitriles is 1. The molecule has 0 unspecified atom stereocenters. The molecule has 0 aromatic heterocycles. The highest BCUT2D eigenvalue weighted by Gasteiger charge is 2.05. The second-order valence-corrected chi connectivity index (χ2v) is 4.61. The Labute approximate surface area is 124 Å². The Hall–Kier alpha value is -2.80. The van der Waals surface area contributed by atoms with Crippen molar-refractivity contribution in [3.63, 3.8) is 0 Å². The monoisotopic (exact) mass is 280 g/mol. The van der Waals surface area contributed by atoms with E-state index < -0.39 is 0 Å². The van der Waals surface area contributed by atoms with Gasteiger partial charge in [0.25, 0.3) is 5.91 Å². The van der Waals surface area contributed by atoms with Crippen molar-refractivity contribution in [2.75, 3.05) is 13.2 Å². The molecule has 1 N–H and O–H groups in total. The van der Waals surface area contributed by atoms with E-state index in [4.69, 9.17) is 10.00 Å². The molecule has 0 saturated carbocycles. The summed E-state index contributed by atoms with van der Waals surface area (Å²) in [5, 5.41) is 11.6. The summed E-state index contributed by atoms with van der Waals surface area (Å²) in [5.74, 6) is 0.579. The van der Waals surface area contributed by atoms with Gasteiger partial charge in [-0.25, -0.2) is 0 Å². The molecular weight excluding hydrogens is 264 g/mol. The van der Waals surface area contributed by atoms with Crippen LogP contribution in [0.3, 0.4) is 0 Å². The Balaban J connectivity index is 1.80. The molecule has 0 fully saturated rings. The molecule has 0 spiro atoms. The van der Waals surface area contributed by atoms with Crippen LogP contribution in [0.2, 0.25) is 0 Å². The molecular formula is C17H16N2O2. The minimum absolute atomic E-state index is 0.208. The van der Waals surface area contributed by atoms with Crippen molar-refractivity contribution in [3.05, 3.63) is 65.2 Å². The topological polar surface area (TPSA) is 62.1 Å². The number of aryl methyl sites for hydroxylation is 1. The first kappa shape index (κ1) is 14.6. The van der Waals surface area contributed by atoms with Gasteiger partial charge in [-0.2, -0.15) is 5.26 Å². The first-order valence-corrected chi connectivity index (χ1v) is 6.67. The molecule has 4 heteroatoms. The van der Waals surface area contributed by atoms with E-state index in [1.807, 2.05) is 37.3 Å². The number of rotatable bonds is 5. The second-order valence-electron chi connectivity index (χ2n) is 4.61. The molecule has 0 aliphatic carbocycles. The highest BCUT2D eigenvalue weighted by Crippen LogP contribution is 2.11. The van der Waals surface area contributed by atoms with Crippen LogP contribution in [0.5, 0.6) is 5.75 Å². The molecule has 4 nitrogen and oxygen atoms in total. The number of carbonyl (C=O) groups excluding carboxylic acids is 1. The molecule has 0 heterocycles. The first-order chi connectivity index (χ1) is 10.2. The quantitative estimate of drug-likeness (QED) is 0.856. The Morgan fingerprint density at radius 3 is 2.81 bits per heavy atom. The van der Waals surface area contributed by atoms with E-state index in [1.165, 1.54) is 0 Å². The van der Waals surface area contributed by atoms with Crippen LogP contribution in [0, 0.1) is 18.3 Å². The third kappa shape index (κ3) is 4.36. The Morgan fingerprint density at radius 2 is 2.05 bits per heavy atom. The van der Waals surface area contributed by atoms with E-state index in [1.54, 1.807) is 24.3 Å². The fourth-order valence-electron chi connectivity index (χ4n) is 1.87. The number of benzene rings is 2. The molecule has 106 valence electrons. The third-order valence-corrected chi connectivity index (χ3v) is 2.90. The van der Waals surface area contributed by atoms with Crippen LogP contribution in [0.4, 0.5) is 0 Å². The van der Waals surface area contributed by atoms with Crippen LogP contribution < -0.4 is 10.1 Å². The maximum atomic E-state index is 11.9. The van der Waals surface area contributed by atoms with E-state index in [2.05, 4.69) is 5.32 Å². The Bertz CT molecular complexity index is 674. The Morgan fingerprint density at radius 1 is 1.24 bits per heavy atom. The van der Waals surface area contributed by atoms with Crippen molar-refractivity contribution in [3.8, 4) is 11.8 Å². The molecule has 0 saturated heterocycles. The third-order valence-electron chi connectivity index (χ3n) is 2.90. The maximum absolute atomic E-state index is 11.9. The minimum atomic E-state index is -0.208. The summed E-state index contributed by atoms with van der Waals surface area (Å²) >= 11 is 0. The van der Waals surface area contributed by atoms with Gasteiger partial charge in [-0.3, -0.25) is 4.79 Å². The molecule has 0 radical (unpaired) electrons. The molecule has 2 aromatic rings. The van der Waals surface area contributed by atoms with Gasteiger partial charge in [-0.05, 0) is 42.8 Å². The lowest BCUT2D eigenvalue weighted by Crippen LogP contribution is -2.28. The highest BCUT2D eigenvalue weighted by molar-refractivity contribution is 5.94. The van der Waals surface area contributed by atoms with Crippen LogP contribution in [-0.2, 0) is 0 Å². The SMILES string of the molecule is Cc1cccc(OCCNC(=O)c2cccc(C#N)c2)c1. The van der Waals surface area contributed by atoms with Gasteiger partial charge in [-0.15, -0.1) is 0 Å². The molecule has 0 aliphatic heterocycles. The summed E-state index contributed by atoms with van der Waals surface area (Å²) in [7, 11) is 0. The lowest BCUT2D eigenvalue weighted by molar-refractivity contribution is 0.0947. The van der Waals surface area contributed by atoms with E-state index >= 15 is 0 Å². The first-order valence-electron chi connectivity index (χ1n) is 6.67. The van der Waals surface area contributed by atoms with Gasteiger partial charge in [-0.1, -0.05) is 18.2 Å². The average Bonchev–Trinajstić information content (AvgIpc) is 2.51. The van der Waals surface area contributed by atoms with E-state index in [0.29, 0.717) is 24.3 Å². The molecule has 1 amide bonds. The lowest BCUT2D eigenvalue weighted by atomic mass is 10.1. The van der Waals surface area contributed by atoms with E-state index in [9.17, 15) is 4.79 Å². The molecule has 0 bridgehead atoms. The number of hydrogen-bond acceptors (Lipinski definition) is 3. The normalized spacial score (nSPS) is 9.71. The van der Waals surface area contributed by atoms with Crippen molar-refractivity contribution in [2.45, 2.75) is 6.92 Å². The van der Waals surface area contributed by atoms with E-state index in [-0.39, 0.29) is 5.91 Å². The number of ether oxygens (including phenoxy) is 1. The number of nitrogens with zero attached hydrogens (tertiary/aromatic N) is 1. The molecule has 21 heavy (non-hydrogen) atoms. The number of hydrogen-bond donors (Lipinski definition) is 1. The van der Waals surface area contributed by atoms with Crippen LogP contribution in [-0.4, -0.2) is 19.1 Å². The second kappa shape index (κ2) is 7.11. The van der Waals surface area contributed by atoms with Gasteiger partial charge in [0.2, 0.25) is 0 Å². The maximum Gasteiger partial charge on any atom is 0.251 e. The van der Waals surface area contributed by atoms with Crippen molar-refractivity contribution < 1.29 is 9.53 Å². The van der Waals surface area contributed by atoms with Gasteiger partial charge >= 0.3 is 0 Å². The van der Waals surface area contributed by atoms with Crippen molar-refractivity contribution in [1.29, 1.82) is 5.26 Å². The van der Waals surface area contributed by atoms with Crippen LogP contribution in [0.1, 0.15) is 21.5 Å². The number of amides is 1. The summed E-state index contributed by atoms with van der Waals surface area (Å²) < 4.78 is 5.55. The van der Waals surface area contributed by atoms with E-state index in [0.717, 1.165) is 11.3 Å². The van der Waals surface area contributed by atoms with Crippen molar-refractivity contribution in [2.24, 2.45) is 0 Å². The van der Waals surface area contributed by atoms with Gasteiger partial charge in [0.15, 0.2) is 0 Å². The van der Waals surface area contributed by atoms with Gasteiger partial charge < -0.3 is 10.1 Å². The van der Waals surface area contributed by atoms with Gasteiger partial charge in [0, 0.05) is 5.56 Å².